The molecule has 2 aromatic rings. The highest BCUT2D eigenvalue weighted by Crippen LogP contribution is 2.25. The smallest absolute Gasteiger partial charge is 0.265 e. The van der Waals surface area contributed by atoms with Crippen molar-refractivity contribution in [3.8, 4) is 0 Å². The molecule has 21 heavy (non-hydrogen) atoms. The summed E-state index contributed by atoms with van der Waals surface area (Å²) in [5.74, 6) is -0.806. The number of fused-ring (bicyclic) bond motifs is 1. The highest BCUT2D eigenvalue weighted by Gasteiger charge is 2.24. The van der Waals surface area contributed by atoms with Crippen molar-refractivity contribution in [1.29, 1.82) is 0 Å². The van der Waals surface area contributed by atoms with Crippen molar-refractivity contribution in [2.45, 2.75) is 18.9 Å². The lowest BCUT2D eigenvalue weighted by molar-refractivity contribution is 0.0938. The van der Waals surface area contributed by atoms with Crippen LogP contribution in [-0.4, -0.2) is 22.8 Å². The van der Waals surface area contributed by atoms with Crippen LogP contribution >= 0.6 is 11.6 Å². The average molecular weight is 304 g/mol. The van der Waals surface area contributed by atoms with Crippen LogP contribution in [0.25, 0.3) is 0 Å². The van der Waals surface area contributed by atoms with E-state index in [4.69, 9.17) is 17.3 Å². The maximum Gasteiger partial charge on any atom is 0.265 e. The van der Waals surface area contributed by atoms with Crippen LogP contribution in [0.1, 0.15) is 32.0 Å². The summed E-state index contributed by atoms with van der Waals surface area (Å²) in [5, 5.41) is 3.67. The number of aromatic amines is 1. The molecule has 0 aliphatic heterocycles. The van der Waals surface area contributed by atoms with Gasteiger partial charge in [-0.25, -0.2) is 0 Å². The van der Waals surface area contributed by atoms with Gasteiger partial charge in [-0.1, -0.05) is 17.7 Å². The molecule has 3 rings (SSSR count). The summed E-state index contributed by atoms with van der Waals surface area (Å²) in [5.41, 5.74) is 8.14. The number of nitrogens with one attached hydrogen (secondary N) is 2. The second-order valence-corrected chi connectivity index (χ2v) is 5.59. The first-order valence-electron chi connectivity index (χ1n) is 6.59. The van der Waals surface area contributed by atoms with Gasteiger partial charge >= 0.3 is 0 Å². The first-order valence-corrected chi connectivity index (χ1v) is 6.97. The number of hydrogen-bond acceptors (Lipinski definition) is 2. The fraction of sp³-hybridized carbons (Fsp3) is 0.200. The van der Waals surface area contributed by atoms with E-state index < -0.39 is 5.91 Å². The van der Waals surface area contributed by atoms with Gasteiger partial charge in [-0.3, -0.25) is 9.59 Å². The fourth-order valence-corrected chi connectivity index (χ4v) is 2.82. The lowest BCUT2D eigenvalue weighted by Crippen LogP contribution is -2.35. The van der Waals surface area contributed by atoms with Crippen molar-refractivity contribution in [1.82, 2.24) is 10.3 Å². The Morgan fingerprint density at radius 2 is 2.00 bits per heavy atom. The third-order valence-corrected chi connectivity index (χ3v) is 3.88. The molecule has 0 bridgehead atoms. The van der Waals surface area contributed by atoms with E-state index in [-0.39, 0.29) is 17.6 Å². The second-order valence-electron chi connectivity index (χ2n) is 5.16. The molecule has 1 aromatic carbocycles. The van der Waals surface area contributed by atoms with Gasteiger partial charge in [0.1, 0.15) is 5.69 Å². The van der Waals surface area contributed by atoms with Gasteiger partial charge in [-0.05, 0) is 42.2 Å². The molecule has 5 nitrogen and oxygen atoms in total. The van der Waals surface area contributed by atoms with E-state index >= 15 is 0 Å². The number of benzene rings is 1. The lowest BCUT2D eigenvalue weighted by Gasteiger charge is -2.10. The van der Waals surface area contributed by atoms with E-state index in [0.29, 0.717) is 10.6 Å². The van der Waals surface area contributed by atoms with Crippen molar-refractivity contribution >= 4 is 23.4 Å². The van der Waals surface area contributed by atoms with Gasteiger partial charge in [0.05, 0.1) is 5.56 Å². The first-order chi connectivity index (χ1) is 10.0. The summed E-state index contributed by atoms with van der Waals surface area (Å²) in [6.45, 7) is 0. The van der Waals surface area contributed by atoms with E-state index in [1.54, 1.807) is 0 Å². The topological polar surface area (TPSA) is 88.0 Å². The Balaban J connectivity index is 1.68. The van der Waals surface area contributed by atoms with E-state index in [1.165, 1.54) is 23.4 Å². The molecule has 0 radical (unpaired) electrons. The molecule has 1 aromatic heterocycles. The average Bonchev–Trinajstić information content (AvgIpc) is 3.03. The van der Waals surface area contributed by atoms with Crippen LogP contribution in [0.3, 0.4) is 0 Å². The largest absolute Gasteiger partial charge is 0.364 e. The Labute approximate surface area is 126 Å². The number of hydrogen-bond donors (Lipinski definition) is 3. The number of amides is 2. The van der Waals surface area contributed by atoms with Gasteiger partial charge in [-0.15, -0.1) is 0 Å². The zero-order chi connectivity index (χ0) is 15.0. The van der Waals surface area contributed by atoms with Crippen molar-refractivity contribution < 1.29 is 9.59 Å². The van der Waals surface area contributed by atoms with E-state index in [0.717, 1.165) is 12.8 Å². The Bertz CT molecular complexity index is 723. The Morgan fingerprint density at radius 1 is 1.24 bits per heavy atom. The Hall–Kier alpha value is -2.27. The maximum absolute atomic E-state index is 12.1. The number of primary amides is 1. The van der Waals surface area contributed by atoms with Crippen molar-refractivity contribution in [3.05, 3.63) is 57.9 Å². The van der Waals surface area contributed by atoms with Crippen LogP contribution in [0.15, 0.2) is 30.5 Å². The van der Waals surface area contributed by atoms with Crippen LogP contribution in [0.5, 0.6) is 0 Å². The van der Waals surface area contributed by atoms with Crippen LogP contribution < -0.4 is 11.1 Å². The minimum Gasteiger partial charge on any atom is -0.364 e. The number of halogens is 1. The molecule has 0 saturated carbocycles. The van der Waals surface area contributed by atoms with Gasteiger partial charge in [0, 0.05) is 17.3 Å². The zero-order valence-corrected chi connectivity index (χ0v) is 11.9. The van der Waals surface area contributed by atoms with Gasteiger partial charge in [-0.2, -0.15) is 0 Å². The van der Waals surface area contributed by atoms with E-state index in [2.05, 4.69) is 10.3 Å². The van der Waals surface area contributed by atoms with Crippen LogP contribution in [-0.2, 0) is 12.8 Å². The second kappa shape index (κ2) is 5.26. The molecule has 6 heteroatoms. The molecule has 4 N–H and O–H groups in total. The highest BCUT2D eigenvalue weighted by molar-refractivity contribution is 6.30. The molecular formula is C15H14ClN3O2. The van der Waals surface area contributed by atoms with Gasteiger partial charge in [0.2, 0.25) is 0 Å². The van der Waals surface area contributed by atoms with E-state index in [9.17, 15) is 9.59 Å². The molecule has 1 atom stereocenters. The summed E-state index contributed by atoms with van der Waals surface area (Å²) >= 11 is 5.97. The molecule has 0 fully saturated rings. The normalized spacial score (nSPS) is 16.5. The SMILES string of the molecule is NC(=O)c1cc(C(=O)NC2Cc3ccc(Cl)cc3C2)c[nH]1. The molecule has 1 unspecified atom stereocenters. The summed E-state index contributed by atoms with van der Waals surface area (Å²) in [6, 6.07) is 7.28. The predicted octanol–water partition coefficient (Wildman–Crippen LogP) is 1.66. The Kier molecular flexibility index (Phi) is 3.43. The fourth-order valence-electron chi connectivity index (χ4n) is 2.63. The van der Waals surface area contributed by atoms with Crippen molar-refractivity contribution in [2.75, 3.05) is 0 Å². The number of H-pyrrole nitrogens is 1. The number of aromatic nitrogens is 1. The third kappa shape index (κ3) is 2.78. The Morgan fingerprint density at radius 3 is 2.71 bits per heavy atom. The molecule has 1 aliphatic carbocycles. The van der Waals surface area contributed by atoms with Gasteiger partial charge in [0.15, 0.2) is 0 Å². The maximum atomic E-state index is 12.1. The zero-order valence-electron chi connectivity index (χ0n) is 11.2. The number of carbonyl (C=O) groups excluding carboxylic acids is 2. The summed E-state index contributed by atoms with van der Waals surface area (Å²) in [7, 11) is 0. The number of nitrogens with two attached hydrogens (primary N) is 1. The van der Waals surface area contributed by atoms with Crippen molar-refractivity contribution in [3.63, 3.8) is 0 Å². The van der Waals surface area contributed by atoms with E-state index in [1.807, 2.05) is 18.2 Å². The minimum atomic E-state index is -0.586. The third-order valence-electron chi connectivity index (χ3n) is 3.65. The number of carbonyl (C=O) groups is 2. The number of rotatable bonds is 3. The molecular weight excluding hydrogens is 290 g/mol. The molecule has 0 spiro atoms. The first kappa shape index (κ1) is 13.7. The van der Waals surface area contributed by atoms with Crippen LogP contribution in [0.2, 0.25) is 5.02 Å². The lowest BCUT2D eigenvalue weighted by atomic mass is 10.1. The van der Waals surface area contributed by atoms with Gasteiger partial charge < -0.3 is 16.0 Å². The van der Waals surface area contributed by atoms with Gasteiger partial charge in [0.25, 0.3) is 11.8 Å². The standard InChI is InChI=1S/C15H14ClN3O2/c16-11-2-1-8-4-12(5-9(8)3-11)19-15(21)10-6-13(14(17)20)18-7-10/h1-3,6-7,12,18H,4-5H2,(H2,17,20)(H,19,21). The van der Waals surface area contributed by atoms with Crippen LogP contribution in [0, 0.1) is 0 Å². The molecule has 1 aliphatic rings. The molecule has 0 saturated heterocycles. The highest BCUT2D eigenvalue weighted by atomic mass is 35.5. The van der Waals surface area contributed by atoms with Crippen LogP contribution in [0.4, 0.5) is 0 Å². The minimum absolute atomic E-state index is 0.0397. The molecule has 108 valence electrons. The quantitative estimate of drug-likeness (QED) is 0.805. The summed E-state index contributed by atoms with van der Waals surface area (Å²) < 4.78 is 0. The predicted molar refractivity (Wildman–Crippen MR) is 79.4 cm³/mol. The monoisotopic (exact) mass is 303 g/mol. The molecule has 2 amide bonds. The summed E-state index contributed by atoms with van der Waals surface area (Å²) in [4.78, 5) is 25.8. The van der Waals surface area contributed by atoms with Crippen molar-refractivity contribution in [2.24, 2.45) is 5.73 Å². The molecule has 1 heterocycles. The summed E-state index contributed by atoms with van der Waals surface area (Å²) in [6.07, 6.45) is 3.02.